The molecule has 2 saturated carbocycles. The molecule has 0 bridgehead atoms. The van der Waals surface area contributed by atoms with Crippen LogP contribution in [0.4, 0.5) is 5.13 Å². The SMILES string of the molecule is COc1cc2nc(N3CCC4(CC3)CC(=Cc3c(-c5c(Cl)cncc5Cl)noc3C3CC3)C4)sc2cc1C(=O)O. The molecule has 0 unspecified atom stereocenters. The number of ether oxygens (including phenoxy) is 1. The lowest BCUT2D eigenvalue weighted by Gasteiger charge is -2.49. The Labute approximate surface area is 244 Å². The number of hydrogen-bond donors (Lipinski definition) is 1. The van der Waals surface area contributed by atoms with Crippen molar-refractivity contribution in [2.75, 3.05) is 25.1 Å². The van der Waals surface area contributed by atoms with Crippen LogP contribution < -0.4 is 9.64 Å². The minimum atomic E-state index is -1.00. The molecule has 3 aliphatic rings. The van der Waals surface area contributed by atoms with E-state index < -0.39 is 5.97 Å². The highest BCUT2D eigenvalue weighted by molar-refractivity contribution is 7.22. The molecule has 1 aliphatic heterocycles. The van der Waals surface area contributed by atoms with Gasteiger partial charge in [0.2, 0.25) is 0 Å². The Morgan fingerprint density at radius 3 is 2.58 bits per heavy atom. The van der Waals surface area contributed by atoms with E-state index >= 15 is 0 Å². The van der Waals surface area contributed by atoms with Gasteiger partial charge in [0.05, 0.1) is 27.4 Å². The van der Waals surface area contributed by atoms with Gasteiger partial charge in [-0.3, -0.25) is 4.98 Å². The molecule has 11 heteroatoms. The van der Waals surface area contributed by atoms with Gasteiger partial charge in [-0.2, -0.15) is 0 Å². The molecule has 2 aliphatic carbocycles. The Bertz CT molecular complexity index is 1650. The molecule has 0 radical (unpaired) electrons. The standard InChI is InChI=1S/C29H26Cl2N4O4S/c1-38-22-10-21-23(9-17(22)27(36)37)40-28(33-21)35-6-4-29(5-7-35)11-15(12-29)8-18-25(34-39-26(18)16-2-3-16)24-19(30)13-32-14-20(24)31/h8-10,13-14,16H,2-7,11-12H2,1H3,(H,36,37). The summed E-state index contributed by atoms with van der Waals surface area (Å²) in [5, 5.41) is 15.8. The number of hydrogen-bond acceptors (Lipinski definition) is 8. The fraction of sp³-hybridized carbons (Fsp3) is 0.379. The molecule has 0 amide bonds. The molecule has 3 fully saturated rings. The van der Waals surface area contributed by atoms with Crippen LogP contribution in [0.2, 0.25) is 10.0 Å². The molecule has 1 spiro atoms. The van der Waals surface area contributed by atoms with Crippen molar-refractivity contribution in [3.63, 3.8) is 0 Å². The molecule has 0 atom stereocenters. The number of rotatable bonds is 6. The van der Waals surface area contributed by atoms with Crippen molar-refractivity contribution in [2.45, 2.75) is 44.4 Å². The van der Waals surface area contributed by atoms with Crippen LogP contribution in [0, 0.1) is 5.41 Å². The maximum Gasteiger partial charge on any atom is 0.339 e. The number of aromatic carboxylic acids is 1. The van der Waals surface area contributed by atoms with Crippen LogP contribution in [-0.2, 0) is 0 Å². The summed E-state index contributed by atoms with van der Waals surface area (Å²) >= 11 is 14.5. The normalized spacial score (nSPS) is 18.3. The van der Waals surface area contributed by atoms with Crippen molar-refractivity contribution in [1.82, 2.24) is 15.1 Å². The zero-order valence-corrected chi connectivity index (χ0v) is 24.1. The fourth-order valence-electron chi connectivity index (χ4n) is 6.06. The van der Waals surface area contributed by atoms with E-state index in [1.807, 2.05) is 0 Å². The van der Waals surface area contributed by atoms with Gasteiger partial charge in [0, 0.05) is 48.6 Å². The number of thiazole rings is 1. The second kappa shape index (κ2) is 9.75. The number of carboxylic acids is 1. The molecular formula is C29H26Cl2N4O4S. The van der Waals surface area contributed by atoms with E-state index in [1.54, 1.807) is 24.5 Å². The first kappa shape index (κ1) is 25.8. The van der Waals surface area contributed by atoms with Gasteiger partial charge >= 0.3 is 5.97 Å². The molecular weight excluding hydrogens is 571 g/mol. The maximum atomic E-state index is 11.6. The average molecular weight is 598 g/mol. The summed E-state index contributed by atoms with van der Waals surface area (Å²) in [6.07, 6.45) is 11.9. The first-order chi connectivity index (χ1) is 19.3. The average Bonchev–Trinajstić information content (AvgIpc) is 3.55. The van der Waals surface area contributed by atoms with Crippen LogP contribution in [-0.4, -0.2) is 46.4 Å². The smallest absolute Gasteiger partial charge is 0.339 e. The lowest BCUT2D eigenvalue weighted by molar-refractivity contribution is 0.0693. The van der Waals surface area contributed by atoms with Gasteiger partial charge in [-0.05, 0) is 56.1 Å². The van der Waals surface area contributed by atoms with E-state index in [1.165, 1.54) is 24.0 Å². The highest BCUT2D eigenvalue weighted by Gasteiger charge is 2.44. The summed E-state index contributed by atoms with van der Waals surface area (Å²) in [4.78, 5) is 22.8. The van der Waals surface area contributed by atoms with Crippen LogP contribution >= 0.6 is 34.5 Å². The monoisotopic (exact) mass is 596 g/mol. The molecule has 7 rings (SSSR count). The largest absolute Gasteiger partial charge is 0.496 e. The third-order valence-corrected chi connectivity index (χ3v) is 10.0. The van der Waals surface area contributed by atoms with Gasteiger partial charge in [-0.1, -0.05) is 45.3 Å². The van der Waals surface area contributed by atoms with Crippen molar-refractivity contribution in [2.24, 2.45) is 5.41 Å². The first-order valence-corrected chi connectivity index (χ1v) is 14.9. The Kier molecular flexibility index (Phi) is 6.29. The number of piperidine rings is 1. The van der Waals surface area contributed by atoms with E-state index in [0.29, 0.717) is 38.4 Å². The zero-order chi connectivity index (χ0) is 27.6. The third-order valence-electron chi connectivity index (χ3n) is 8.37. The van der Waals surface area contributed by atoms with Gasteiger partial charge in [-0.15, -0.1) is 0 Å². The van der Waals surface area contributed by atoms with Gasteiger partial charge in [0.1, 0.15) is 22.8 Å². The molecule has 206 valence electrons. The number of halogens is 2. The van der Waals surface area contributed by atoms with Gasteiger partial charge in [-0.25, -0.2) is 9.78 Å². The lowest BCUT2D eigenvalue weighted by atomic mass is 9.60. The molecule has 4 aromatic rings. The third kappa shape index (κ3) is 4.44. The molecule has 1 aromatic carbocycles. The van der Waals surface area contributed by atoms with Crippen molar-refractivity contribution >= 4 is 61.9 Å². The summed E-state index contributed by atoms with van der Waals surface area (Å²) < 4.78 is 12.0. The van der Waals surface area contributed by atoms with Gasteiger partial charge in [0.15, 0.2) is 5.13 Å². The van der Waals surface area contributed by atoms with Crippen molar-refractivity contribution in [3.05, 3.63) is 57.0 Å². The number of benzene rings is 1. The topological polar surface area (TPSA) is 102 Å². The van der Waals surface area contributed by atoms with Crippen LogP contribution in [0.5, 0.6) is 5.75 Å². The summed E-state index contributed by atoms with van der Waals surface area (Å²) in [6, 6.07) is 3.38. The summed E-state index contributed by atoms with van der Waals surface area (Å²) in [6.45, 7) is 1.84. The summed E-state index contributed by atoms with van der Waals surface area (Å²) in [5.74, 6) is 0.667. The van der Waals surface area contributed by atoms with E-state index in [-0.39, 0.29) is 5.56 Å². The van der Waals surface area contributed by atoms with Crippen molar-refractivity contribution in [3.8, 4) is 17.0 Å². The predicted molar refractivity (Wildman–Crippen MR) is 156 cm³/mol. The Morgan fingerprint density at radius 1 is 1.20 bits per heavy atom. The number of aromatic nitrogens is 3. The number of carbonyl (C=O) groups is 1. The minimum Gasteiger partial charge on any atom is -0.496 e. The molecule has 4 heterocycles. The second-order valence-electron chi connectivity index (χ2n) is 11.0. The van der Waals surface area contributed by atoms with E-state index in [4.69, 9.17) is 37.4 Å². The zero-order valence-electron chi connectivity index (χ0n) is 21.7. The van der Waals surface area contributed by atoms with Crippen LogP contribution in [0.15, 0.2) is 34.6 Å². The second-order valence-corrected chi connectivity index (χ2v) is 12.9. The quantitative estimate of drug-likeness (QED) is 0.241. The molecule has 1 N–H and O–H groups in total. The lowest BCUT2D eigenvalue weighted by Crippen LogP contribution is -2.44. The number of nitrogens with zero attached hydrogens (tertiary/aromatic N) is 4. The first-order valence-electron chi connectivity index (χ1n) is 13.3. The number of carboxylic acid groups (broad SMARTS) is 1. The van der Waals surface area contributed by atoms with E-state index in [9.17, 15) is 9.90 Å². The summed E-state index contributed by atoms with van der Waals surface area (Å²) in [5.41, 5.74) is 4.99. The highest BCUT2D eigenvalue weighted by Crippen LogP contribution is 2.55. The predicted octanol–water partition coefficient (Wildman–Crippen LogP) is 7.70. The fourth-order valence-corrected chi connectivity index (χ4v) is 7.65. The van der Waals surface area contributed by atoms with Gasteiger partial charge < -0.3 is 19.3 Å². The number of anilines is 1. The Morgan fingerprint density at radius 2 is 1.93 bits per heavy atom. The minimum absolute atomic E-state index is 0.158. The van der Waals surface area contributed by atoms with Gasteiger partial charge in [0.25, 0.3) is 0 Å². The summed E-state index contributed by atoms with van der Waals surface area (Å²) in [7, 11) is 1.48. The highest BCUT2D eigenvalue weighted by atomic mass is 35.5. The molecule has 3 aromatic heterocycles. The Balaban J connectivity index is 1.08. The molecule has 8 nitrogen and oxygen atoms in total. The van der Waals surface area contributed by atoms with Crippen molar-refractivity contribution < 1.29 is 19.2 Å². The number of allylic oxidation sites excluding steroid dienone is 1. The Hall–Kier alpha value is -3.14. The molecule has 40 heavy (non-hydrogen) atoms. The number of methoxy groups -OCH3 is 1. The maximum absolute atomic E-state index is 11.6. The van der Waals surface area contributed by atoms with Crippen LogP contribution in [0.3, 0.4) is 0 Å². The van der Waals surface area contributed by atoms with Crippen LogP contribution in [0.25, 0.3) is 27.6 Å². The van der Waals surface area contributed by atoms with E-state index in [2.05, 4.69) is 21.1 Å². The molecule has 1 saturated heterocycles. The number of pyridine rings is 1. The van der Waals surface area contributed by atoms with Crippen molar-refractivity contribution in [1.29, 1.82) is 0 Å². The van der Waals surface area contributed by atoms with E-state index in [0.717, 1.165) is 78.3 Å². The van der Waals surface area contributed by atoms with Crippen LogP contribution in [0.1, 0.15) is 66.1 Å². The number of fused-ring (bicyclic) bond motifs is 1.